The topological polar surface area (TPSA) is 57.0 Å². The van der Waals surface area contributed by atoms with E-state index < -0.39 is 0 Å². The largest absolute Gasteiger partial charge is 0.466 e. The summed E-state index contributed by atoms with van der Waals surface area (Å²) >= 11 is 7.61. The number of ether oxygens (including phenoxy) is 1. The molecule has 3 rings (SSSR count). The molecular formula is C19H20ClN3O2S. The third kappa shape index (κ3) is 4.77. The van der Waals surface area contributed by atoms with Gasteiger partial charge in [-0.05, 0) is 43.2 Å². The number of hydrogen-bond donors (Lipinski definition) is 0. The van der Waals surface area contributed by atoms with E-state index >= 15 is 0 Å². The molecule has 26 heavy (non-hydrogen) atoms. The maximum atomic E-state index is 11.5. The highest BCUT2D eigenvalue weighted by atomic mass is 35.5. The third-order valence-corrected chi connectivity index (χ3v) is 5.12. The highest BCUT2D eigenvalue weighted by Gasteiger charge is 2.13. The predicted molar refractivity (Wildman–Crippen MR) is 105 cm³/mol. The van der Waals surface area contributed by atoms with E-state index in [1.807, 2.05) is 43.3 Å². The standard InChI is InChI=1S/C19H20ClN3O2S/c1-2-25-17(24)6-4-12-26-19-22-18-16(5-3-11-21-18)23(19)13-14-7-9-15(20)10-8-14/h3,5,7-11H,2,4,6,12-13H2,1H3. The van der Waals surface area contributed by atoms with Crippen molar-refractivity contribution in [3.8, 4) is 0 Å². The van der Waals surface area contributed by atoms with Crippen LogP contribution in [0.4, 0.5) is 0 Å². The highest BCUT2D eigenvalue weighted by Crippen LogP contribution is 2.25. The first-order valence-electron chi connectivity index (χ1n) is 8.51. The van der Waals surface area contributed by atoms with E-state index in [0.29, 0.717) is 19.6 Å². The lowest BCUT2D eigenvalue weighted by atomic mass is 10.2. The van der Waals surface area contributed by atoms with Crippen LogP contribution in [-0.2, 0) is 16.1 Å². The first-order valence-corrected chi connectivity index (χ1v) is 9.88. The smallest absolute Gasteiger partial charge is 0.305 e. The van der Waals surface area contributed by atoms with Gasteiger partial charge >= 0.3 is 5.97 Å². The molecule has 1 aromatic carbocycles. The molecule has 0 fully saturated rings. The second-order valence-electron chi connectivity index (χ2n) is 5.71. The van der Waals surface area contributed by atoms with Gasteiger partial charge in [-0.2, -0.15) is 0 Å². The molecule has 0 aliphatic carbocycles. The average molecular weight is 390 g/mol. The number of carbonyl (C=O) groups excluding carboxylic acids is 1. The summed E-state index contributed by atoms with van der Waals surface area (Å²) in [6.45, 7) is 2.94. The second-order valence-corrected chi connectivity index (χ2v) is 7.21. The van der Waals surface area contributed by atoms with Gasteiger partial charge in [-0.25, -0.2) is 9.97 Å². The summed E-state index contributed by atoms with van der Waals surface area (Å²) in [7, 11) is 0. The summed E-state index contributed by atoms with van der Waals surface area (Å²) in [4.78, 5) is 20.5. The molecule has 0 atom stereocenters. The van der Waals surface area contributed by atoms with Crippen LogP contribution >= 0.6 is 23.4 Å². The lowest BCUT2D eigenvalue weighted by molar-refractivity contribution is -0.143. The fraction of sp³-hybridized carbons (Fsp3) is 0.316. The first kappa shape index (κ1) is 18.7. The number of carbonyl (C=O) groups is 1. The summed E-state index contributed by atoms with van der Waals surface area (Å²) in [6.07, 6.45) is 2.93. The molecule has 0 radical (unpaired) electrons. The third-order valence-electron chi connectivity index (χ3n) is 3.80. The van der Waals surface area contributed by atoms with E-state index in [9.17, 15) is 4.79 Å². The maximum absolute atomic E-state index is 11.5. The van der Waals surface area contributed by atoms with E-state index in [1.54, 1.807) is 18.0 Å². The lowest BCUT2D eigenvalue weighted by Gasteiger charge is -2.09. The Morgan fingerprint density at radius 1 is 1.27 bits per heavy atom. The number of hydrogen-bond acceptors (Lipinski definition) is 5. The van der Waals surface area contributed by atoms with Gasteiger partial charge in [-0.3, -0.25) is 4.79 Å². The van der Waals surface area contributed by atoms with Gasteiger partial charge in [0.25, 0.3) is 0 Å². The molecule has 0 aliphatic heterocycles. The summed E-state index contributed by atoms with van der Waals surface area (Å²) in [5.41, 5.74) is 2.87. The molecule has 0 bridgehead atoms. The monoisotopic (exact) mass is 389 g/mol. The number of esters is 1. The minimum absolute atomic E-state index is 0.149. The quantitative estimate of drug-likeness (QED) is 0.321. The van der Waals surface area contributed by atoms with Crippen molar-refractivity contribution in [2.24, 2.45) is 0 Å². The normalized spacial score (nSPS) is 11.0. The lowest BCUT2D eigenvalue weighted by Crippen LogP contribution is -2.04. The van der Waals surface area contributed by atoms with E-state index in [1.165, 1.54) is 0 Å². The van der Waals surface area contributed by atoms with Crippen LogP contribution in [0.3, 0.4) is 0 Å². The van der Waals surface area contributed by atoms with Crippen LogP contribution in [0.2, 0.25) is 5.02 Å². The van der Waals surface area contributed by atoms with Gasteiger partial charge in [-0.15, -0.1) is 0 Å². The molecule has 0 spiro atoms. The van der Waals surface area contributed by atoms with Crippen molar-refractivity contribution >= 4 is 40.5 Å². The molecule has 3 aromatic rings. The molecule has 0 saturated heterocycles. The molecule has 2 heterocycles. The molecule has 0 unspecified atom stereocenters. The van der Waals surface area contributed by atoms with E-state index in [0.717, 1.165) is 39.1 Å². The van der Waals surface area contributed by atoms with Gasteiger partial charge in [0.1, 0.15) is 0 Å². The second kappa shape index (κ2) is 9.05. The molecule has 0 aliphatic rings. The molecule has 136 valence electrons. The molecular weight excluding hydrogens is 370 g/mol. The van der Waals surface area contributed by atoms with Gasteiger partial charge in [-0.1, -0.05) is 35.5 Å². The van der Waals surface area contributed by atoms with Crippen LogP contribution in [0.25, 0.3) is 11.2 Å². The van der Waals surface area contributed by atoms with Crippen molar-refractivity contribution in [2.45, 2.75) is 31.5 Å². The van der Waals surface area contributed by atoms with E-state index in [4.69, 9.17) is 16.3 Å². The number of fused-ring (bicyclic) bond motifs is 1. The molecule has 5 nitrogen and oxygen atoms in total. The fourth-order valence-electron chi connectivity index (χ4n) is 2.59. The summed E-state index contributed by atoms with van der Waals surface area (Å²) in [5, 5.41) is 1.62. The Bertz CT molecular complexity index is 880. The van der Waals surface area contributed by atoms with Gasteiger partial charge in [0.15, 0.2) is 10.8 Å². The summed E-state index contributed by atoms with van der Waals surface area (Å²) in [5.74, 6) is 0.646. The molecule has 0 amide bonds. The summed E-state index contributed by atoms with van der Waals surface area (Å²) < 4.78 is 7.12. The zero-order chi connectivity index (χ0) is 18.4. The van der Waals surface area contributed by atoms with Gasteiger partial charge < -0.3 is 9.30 Å². The number of halogens is 1. The first-order chi connectivity index (χ1) is 12.7. The van der Waals surface area contributed by atoms with E-state index in [2.05, 4.69) is 14.5 Å². The number of pyridine rings is 1. The zero-order valence-corrected chi connectivity index (χ0v) is 16.1. The maximum Gasteiger partial charge on any atom is 0.305 e. The minimum atomic E-state index is -0.149. The van der Waals surface area contributed by atoms with Gasteiger partial charge in [0.2, 0.25) is 0 Å². The number of rotatable bonds is 8. The Hall–Kier alpha value is -2.05. The Balaban J connectivity index is 1.74. The van der Waals surface area contributed by atoms with Crippen molar-refractivity contribution in [1.29, 1.82) is 0 Å². The molecule has 7 heteroatoms. The number of benzene rings is 1. The predicted octanol–water partition coefficient (Wildman–Crippen LogP) is 4.57. The Morgan fingerprint density at radius 3 is 2.85 bits per heavy atom. The number of aromatic nitrogens is 3. The van der Waals surface area contributed by atoms with E-state index in [-0.39, 0.29) is 5.97 Å². The van der Waals surface area contributed by atoms with Crippen molar-refractivity contribution in [3.63, 3.8) is 0 Å². The van der Waals surface area contributed by atoms with Crippen molar-refractivity contribution in [2.75, 3.05) is 12.4 Å². The van der Waals surface area contributed by atoms with Gasteiger partial charge in [0.05, 0.1) is 18.7 Å². The van der Waals surface area contributed by atoms with Crippen molar-refractivity contribution in [3.05, 3.63) is 53.2 Å². The van der Waals surface area contributed by atoms with Crippen LogP contribution in [0, 0.1) is 0 Å². The highest BCUT2D eigenvalue weighted by molar-refractivity contribution is 7.99. The van der Waals surface area contributed by atoms with Gasteiger partial charge in [0, 0.05) is 23.4 Å². The van der Waals surface area contributed by atoms with Crippen molar-refractivity contribution < 1.29 is 9.53 Å². The van der Waals surface area contributed by atoms with Crippen LogP contribution in [0.5, 0.6) is 0 Å². The molecule has 0 saturated carbocycles. The number of nitrogens with zero attached hydrogens (tertiary/aromatic N) is 3. The summed E-state index contributed by atoms with van der Waals surface area (Å²) in [6, 6.07) is 11.7. The van der Waals surface area contributed by atoms with Crippen LogP contribution in [0.15, 0.2) is 47.8 Å². The Labute approximate surface area is 161 Å². The van der Waals surface area contributed by atoms with Crippen LogP contribution in [0.1, 0.15) is 25.3 Å². The molecule has 2 aromatic heterocycles. The van der Waals surface area contributed by atoms with Crippen molar-refractivity contribution in [1.82, 2.24) is 14.5 Å². The SMILES string of the molecule is CCOC(=O)CCCSc1nc2ncccc2n1Cc1ccc(Cl)cc1. The zero-order valence-electron chi connectivity index (χ0n) is 14.5. The van der Waals surface area contributed by atoms with Crippen LogP contribution < -0.4 is 0 Å². The minimum Gasteiger partial charge on any atom is -0.466 e. The Kier molecular flexibility index (Phi) is 6.52. The fourth-order valence-corrected chi connectivity index (χ4v) is 3.65. The van der Waals surface area contributed by atoms with Crippen LogP contribution in [-0.4, -0.2) is 32.9 Å². The Morgan fingerprint density at radius 2 is 2.08 bits per heavy atom. The number of thioether (sulfide) groups is 1. The number of imidazole rings is 1. The molecule has 0 N–H and O–H groups in total. The average Bonchev–Trinajstić information content (AvgIpc) is 2.98.